The van der Waals surface area contributed by atoms with Crippen LogP contribution in [0.3, 0.4) is 0 Å². The molecule has 0 saturated carbocycles. The van der Waals surface area contributed by atoms with Gasteiger partial charge in [-0.15, -0.1) is 23.7 Å². The Bertz CT molecular complexity index is 752. The topological polar surface area (TPSA) is 71.1 Å². The molecule has 2 N–H and O–H groups in total. The highest BCUT2D eigenvalue weighted by atomic mass is 35.5. The average molecular weight is 378 g/mol. The molecule has 130 valence electrons. The lowest BCUT2D eigenvalue weighted by Crippen LogP contribution is -2.26. The van der Waals surface area contributed by atoms with Gasteiger partial charge in [0.2, 0.25) is 10.0 Å². The summed E-state index contributed by atoms with van der Waals surface area (Å²) in [6.45, 7) is 7.52. The SMILES string of the molecule is CNCCCNS(=O)(=O)c1ccc2nc(C(C)(C)C)sc2c1.Cl. The van der Waals surface area contributed by atoms with Crippen LogP contribution in [0.5, 0.6) is 0 Å². The van der Waals surface area contributed by atoms with E-state index in [9.17, 15) is 8.42 Å². The fourth-order valence-corrected chi connectivity index (χ4v) is 4.19. The van der Waals surface area contributed by atoms with E-state index in [1.54, 1.807) is 29.5 Å². The molecule has 23 heavy (non-hydrogen) atoms. The third-order valence-corrected chi connectivity index (χ3v) is 6.11. The Morgan fingerprint density at radius 3 is 2.52 bits per heavy atom. The Morgan fingerprint density at radius 2 is 1.91 bits per heavy atom. The van der Waals surface area contributed by atoms with E-state index in [4.69, 9.17) is 0 Å². The lowest BCUT2D eigenvalue weighted by molar-refractivity contribution is 0.577. The molecule has 0 unspecified atom stereocenters. The number of nitrogens with one attached hydrogen (secondary N) is 2. The van der Waals surface area contributed by atoms with Gasteiger partial charge in [-0.25, -0.2) is 18.1 Å². The minimum absolute atomic E-state index is 0. The van der Waals surface area contributed by atoms with E-state index in [0.717, 1.165) is 28.2 Å². The Labute approximate surface area is 148 Å². The molecule has 1 aromatic heterocycles. The van der Waals surface area contributed by atoms with Crippen LogP contribution in [0.25, 0.3) is 10.2 Å². The van der Waals surface area contributed by atoms with Gasteiger partial charge in [0.1, 0.15) is 0 Å². The molecule has 0 atom stereocenters. The number of rotatable bonds is 6. The highest BCUT2D eigenvalue weighted by molar-refractivity contribution is 7.89. The van der Waals surface area contributed by atoms with Crippen molar-refractivity contribution in [3.05, 3.63) is 23.2 Å². The van der Waals surface area contributed by atoms with Crippen molar-refractivity contribution in [3.63, 3.8) is 0 Å². The fourth-order valence-electron chi connectivity index (χ4n) is 1.95. The molecule has 8 heteroatoms. The predicted octanol–water partition coefficient (Wildman–Crippen LogP) is 2.90. The van der Waals surface area contributed by atoms with Crippen LogP contribution >= 0.6 is 23.7 Å². The van der Waals surface area contributed by atoms with Crippen molar-refractivity contribution in [3.8, 4) is 0 Å². The van der Waals surface area contributed by atoms with Crippen molar-refractivity contribution in [2.75, 3.05) is 20.1 Å². The van der Waals surface area contributed by atoms with E-state index in [1.807, 2.05) is 7.05 Å². The number of fused-ring (bicyclic) bond motifs is 1. The maximum absolute atomic E-state index is 12.3. The van der Waals surface area contributed by atoms with Gasteiger partial charge in [0.05, 0.1) is 20.1 Å². The Hall–Kier alpha value is -0.730. The molecule has 2 rings (SSSR count). The first kappa shape index (κ1) is 20.3. The van der Waals surface area contributed by atoms with Gasteiger partial charge >= 0.3 is 0 Å². The van der Waals surface area contributed by atoms with Gasteiger partial charge in [0, 0.05) is 12.0 Å². The first-order valence-electron chi connectivity index (χ1n) is 7.29. The molecule has 0 amide bonds. The number of thiazole rings is 1. The van der Waals surface area contributed by atoms with E-state index in [-0.39, 0.29) is 17.8 Å². The molecule has 0 fully saturated rings. The summed E-state index contributed by atoms with van der Waals surface area (Å²) in [5, 5.41) is 4.01. The van der Waals surface area contributed by atoms with Crippen LogP contribution in [-0.2, 0) is 15.4 Å². The van der Waals surface area contributed by atoms with Crippen LogP contribution in [-0.4, -0.2) is 33.5 Å². The zero-order valence-corrected chi connectivity index (χ0v) is 16.3. The fraction of sp³-hybridized carbons (Fsp3) is 0.533. The normalized spacial score (nSPS) is 12.3. The molecule has 1 aromatic carbocycles. The van der Waals surface area contributed by atoms with Crippen molar-refractivity contribution in [2.24, 2.45) is 0 Å². The summed E-state index contributed by atoms with van der Waals surface area (Å²) in [4.78, 5) is 4.89. The number of halogens is 1. The van der Waals surface area contributed by atoms with Gasteiger partial charge in [-0.05, 0) is 38.2 Å². The second kappa shape index (κ2) is 7.90. The Kier molecular flexibility index (Phi) is 6.97. The first-order valence-corrected chi connectivity index (χ1v) is 9.59. The Balaban J connectivity index is 0.00000264. The number of nitrogens with zero attached hydrogens (tertiary/aromatic N) is 1. The molecule has 0 saturated heterocycles. The minimum atomic E-state index is -3.46. The highest BCUT2D eigenvalue weighted by Gasteiger charge is 2.20. The van der Waals surface area contributed by atoms with E-state index in [0.29, 0.717) is 11.4 Å². The lowest BCUT2D eigenvalue weighted by Gasteiger charge is -2.13. The maximum Gasteiger partial charge on any atom is 0.240 e. The van der Waals surface area contributed by atoms with Crippen LogP contribution < -0.4 is 10.0 Å². The van der Waals surface area contributed by atoms with Crippen LogP contribution in [0.4, 0.5) is 0 Å². The van der Waals surface area contributed by atoms with Crippen molar-refractivity contribution >= 4 is 44.0 Å². The van der Waals surface area contributed by atoms with E-state index in [1.165, 1.54) is 0 Å². The summed E-state index contributed by atoms with van der Waals surface area (Å²) in [6, 6.07) is 5.11. The van der Waals surface area contributed by atoms with Crippen molar-refractivity contribution in [1.82, 2.24) is 15.0 Å². The molecular weight excluding hydrogens is 354 g/mol. The number of hydrogen-bond acceptors (Lipinski definition) is 5. The summed E-state index contributed by atoms with van der Waals surface area (Å²) >= 11 is 1.55. The van der Waals surface area contributed by atoms with Gasteiger partial charge in [0.15, 0.2) is 0 Å². The zero-order valence-electron chi connectivity index (χ0n) is 13.8. The third-order valence-electron chi connectivity index (χ3n) is 3.21. The summed E-state index contributed by atoms with van der Waals surface area (Å²) in [5.41, 5.74) is 0.817. The molecule has 0 radical (unpaired) electrons. The van der Waals surface area contributed by atoms with Gasteiger partial charge in [-0.3, -0.25) is 0 Å². The quantitative estimate of drug-likeness (QED) is 0.759. The molecule has 0 aliphatic heterocycles. The van der Waals surface area contributed by atoms with Crippen LogP contribution in [0.1, 0.15) is 32.2 Å². The minimum Gasteiger partial charge on any atom is -0.320 e. The second-order valence-electron chi connectivity index (χ2n) is 6.25. The van der Waals surface area contributed by atoms with Gasteiger partial charge in [0.25, 0.3) is 0 Å². The molecular formula is C15H24ClN3O2S2. The maximum atomic E-state index is 12.3. The Morgan fingerprint density at radius 1 is 1.22 bits per heavy atom. The summed E-state index contributed by atoms with van der Waals surface area (Å²) in [7, 11) is -1.61. The predicted molar refractivity (Wildman–Crippen MR) is 99.3 cm³/mol. The number of sulfonamides is 1. The molecule has 0 spiro atoms. The van der Waals surface area contributed by atoms with Crippen LogP contribution in [0.2, 0.25) is 0 Å². The largest absolute Gasteiger partial charge is 0.320 e. The second-order valence-corrected chi connectivity index (χ2v) is 9.05. The molecule has 5 nitrogen and oxygen atoms in total. The molecule has 0 bridgehead atoms. The van der Waals surface area contributed by atoms with Gasteiger partial charge in [-0.2, -0.15) is 0 Å². The van der Waals surface area contributed by atoms with Crippen LogP contribution in [0.15, 0.2) is 23.1 Å². The highest BCUT2D eigenvalue weighted by Crippen LogP contribution is 2.32. The summed E-state index contributed by atoms with van der Waals surface area (Å²) < 4.78 is 28.1. The number of hydrogen-bond donors (Lipinski definition) is 2. The summed E-state index contributed by atoms with van der Waals surface area (Å²) in [5.74, 6) is 0. The smallest absolute Gasteiger partial charge is 0.240 e. The van der Waals surface area contributed by atoms with Crippen molar-refractivity contribution in [2.45, 2.75) is 37.5 Å². The molecule has 0 aliphatic carbocycles. The molecule has 1 heterocycles. The van der Waals surface area contributed by atoms with Gasteiger partial charge in [-0.1, -0.05) is 20.8 Å². The zero-order chi connectivity index (χ0) is 16.4. The standard InChI is InChI=1S/C15H23N3O2S2.ClH/c1-15(2,3)14-18-12-7-6-11(10-13(12)21-14)22(19,20)17-9-5-8-16-4;/h6-7,10,16-17H,5,8-9H2,1-4H3;1H. The monoisotopic (exact) mass is 377 g/mol. The molecule has 2 aromatic rings. The molecule has 0 aliphatic rings. The van der Waals surface area contributed by atoms with Crippen LogP contribution in [0, 0.1) is 0 Å². The van der Waals surface area contributed by atoms with E-state index >= 15 is 0 Å². The van der Waals surface area contributed by atoms with Gasteiger partial charge < -0.3 is 5.32 Å². The summed E-state index contributed by atoms with van der Waals surface area (Å²) in [6.07, 6.45) is 0.757. The van der Waals surface area contributed by atoms with Crippen molar-refractivity contribution < 1.29 is 8.42 Å². The lowest BCUT2D eigenvalue weighted by atomic mass is 9.98. The van der Waals surface area contributed by atoms with E-state index in [2.05, 4.69) is 35.8 Å². The van der Waals surface area contributed by atoms with E-state index < -0.39 is 10.0 Å². The average Bonchev–Trinajstić information content (AvgIpc) is 2.86. The number of aromatic nitrogens is 1. The van der Waals surface area contributed by atoms with Crippen molar-refractivity contribution in [1.29, 1.82) is 0 Å². The number of benzene rings is 1. The third kappa shape index (κ3) is 5.12. The first-order chi connectivity index (χ1) is 10.2.